The molecule has 0 atom stereocenters. The van der Waals surface area contributed by atoms with Gasteiger partial charge in [-0.1, -0.05) is 140 Å². The zero-order valence-corrected chi connectivity index (χ0v) is 30.4. The van der Waals surface area contributed by atoms with Crippen molar-refractivity contribution in [2.24, 2.45) is 0 Å². The summed E-state index contributed by atoms with van der Waals surface area (Å²) in [5.74, 6) is 0. The van der Waals surface area contributed by atoms with Crippen LogP contribution in [0.15, 0.2) is 182 Å². The van der Waals surface area contributed by atoms with Gasteiger partial charge in [0.05, 0.1) is 10.9 Å². The molecule has 11 aromatic rings. The monoisotopic (exact) mass is 714 g/mol. The van der Waals surface area contributed by atoms with E-state index in [1.807, 2.05) is 17.5 Å². The molecular weight excluding hydrogens is 685 g/mol. The first-order valence-electron chi connectivity index (χ1n) is 18.9. The number of fused-ring (bicyclic) bond motifs is 19. The van der Waals surface area contributed by atoms with Crippen LogP contribution in [0.1, 0.15) is 22.3 Å². The van der Waals surface area contributed by atoms with Gasteiger partial charge in [-0.25, -0.2) is 4.98 Å². The van der Waals surface area contributed by atoms with E-state index in [4.69, 9.17) is 4.98 Å². The molecule has 0 N–H and O–H groups in total. The van der Waals surface area contributed by atoms with Gasteiger partial charge in [0.25, 0.3) is 0 Å². The Morgan fingerprint density at radius 1 is 0.418 bits per heavy atom. The van der Waals surface area contributed by atoms with Crippen LogP contribution in [-0.2, 0) is 5.41 Å². The van der Waals surface area contributed by atoms with E-state index >= 15 is 0 Å². The number of hydrogen-bond acceptors (Lipinski definition) is 2. The second kappa shape index (κ2) is 10.7. The maximum absolute atomic E-state index is 4.73. The number of aromatic nitrogens is 2. The molecule has 3 heteroatoms. The van der Waals surface area contributed by atoms with Gasteiger partial charge in [-0.15, -0.1) is 11.3 Å². The highest BCUT2D eigenvalue weighted by molar-refractivity contribution is 7.26. The van der Waals surface area contributed by atoms with Crippen LogP contribution in [0, 0.1) is 0 Å². The number of rotatable bonds is 2. The molecule has 2 aliphatic rings. The van der Waals surface area contributed by atoms with Crippen LogP contribution < -0.4 is 0 Å². The summed E-state index contributed by atoms with van der Waals surface area (Å²) in [5.41, 5.74) is 17.4. The maximum atomic E-state index is 4.73. The van der Waals surface area contributed by atoms with E-state index in [2.05, 4.69) is 180 Å². The van der Waals surface area contributed by atoms with Crippen molar-refractivity contribution in [1.29, 1.82) is 0 Å². The van der Waals surface area contributed by atoms with Crippen LogP contribution in [-0.4, -0.2) is 9.38 Å². The molecule has 0 aliphatic heterocycles. The quantitative estimate of drug-likeness (QED) is 0.163. The fourth-order valence-corrected chi connectivity index (χ4v) is 11.5. The highest BCUT2D eigenvalue weighted by atomic mass is 32.1. The third-order valence-corrected chi connectivity index (χ3v) is 13.7. The minimum absolute atomic E-state index is 0.454. The van der Waals surface area contributed by atoms with Gasteiger partial charge in [0.1, 0.15) is 5.65 Å². The van der Waals surface area contributed by atoms with Crippen molar-refractivity contribution in [2.75, 3.05) is 0 Å². The molecule has 2 aliphatic carbocycles. The molecular formula is C52H30N2S. The first-order chi connectivity index (χ1) is 27.3. The molecule has 3 aromatic heterocycles. The molecule has 0 fully saturated rings. The van der Waals surface area contributed by atoms with E-state index in [0.717, 1.165) is 5.65 Å². The van der Waals surface area contributed by atoms with Crippen LogP contribution in [0.3, 0.4) is 0 Å². The number of pyridine rings is 1. The molecule has 0 saturated carbocycles. The molecule has 0 amide bonds. The Balaban J connectivity index is 1.08. The number of hydrogen-bond donors (Lipinski definition) is 0. The predicted molar refractivity (Wildman–Crippen MR) is 230 cm³/mol. The molecule has 0 radical (unpaired) electrons. The lowest BCUT2D eigenvalue weighted by Gasteiger charge is -2.31. The predicted octanol–water partition coefficient (Wildman–Crippen LogP) is 13.7. The van der Waals surface area contributed by atoms with Crippen molar-refractivity contribution < 1.29 is 0 Å². The molecule has 8 aromatic carbocycles. The number of benzene rings is 8. The lowest BCUT2D eigenvalue weighted by molar-refractivity contribution is 0.794. The van der Waals surface area contributed by atoms with E-state index in [1.54, 1.807) is 0 Å². The third kappa shape index (κ3) is 3.76. The zero-order valence-electron chi connectivity index (χ0n) is 29.6. The Labute approximate surface area is 321 Å². The van der Waals surface area contributed by atoms with E-state index in [1.165, 1.54) is 109 Å². The Morgan fingerprint density at radius 3 is 1.80 bits per heavy atom. The summed E-state index contributed by atoms with van der Waals surface area (Å²) in [5, 5.41) is 6.28. The van der Waals surface area contributed by atoms with Crippen molar-refractivity contribution in [2.45, 2.75) is 5.41 Å². The highest BCUT2D eigenvalue weighted by Gasteiger charge is 2.51. The van der Waals surface area contributed by atoms with Crippen molar-refractivity contribution in [1.82, 2.24) is 9.38 Å². The Kier molecular flexibility index (Phi) is 5.74. The maximum Gasteiger partial charge on any atom is 0.145 e. The summed E-state index contributed by atoms with van der Waals surface area (Å²) in [6.07, 6.45) is 3.98. The molecule has 0 unspecified atom stereocenters. The summed E-state index contributed by atoms with van der Waals surface area (Å²) >= 11 is 1.90. The smallest absolute Gasteiger partial charge is 0.145 e. The Morgan fingerprint density at radius 2 is 1.00 bits per heavy atom. The lowest BCUT2D eigenvalue weighted by atomic mass is 9.70. The summed E-state index contributed by atoms with van der Waals surface area (Å²) in [7, 11) is 0. The summed E-state index contributed by atoms with van der Waals surface area (Å²) in [6.45, 7) is 0. The zero-order chi connectivity index (χ0) is 35.8. The minimum atomic E-state index is -0.454. The van der Waals surface area contributed by atoms with Gasteiger partial charge in [-0.2, -0.15) is 0 Å². The summed E-state index contributed by atoms with van der Waals surface area (Å²) in [4.78, 5) is 4.73. The van der Waals surface area contributed by atoms with E-state index in [-0.39, 0.29) is 0 Å². The fraction of sp³-hybridized carbons (Fsp3) is 0.0192. The van der Waals surface area contributed by atoms with E-state index in [0.29, 0.717) is 0 Å². The second-order valence-electron chi connectivity index (χ2n) is 15.0. The van der Waals surface area contributed by atoms with Crippen LogP contribution in [0.25, 0.3) is 92.0 Å². The van der Waals surface area contributed by atoms with Gasteiger partial charge in [-0.05, 0) is 102 Å². The second-order valence-corrected chi connectivity index (χ2v) is 16.1. The van der Waals surface area contributed by atoms with Crippen molar-refractivity contribution in [3.05, 3.63) is 205 Å². The average molecular weight is 715 g/mol. The Bertz CT molecular complexity index is 3410. The Hall–Kier alpha value is -6.81. The molecule has 0 bridgehead atoms. The molecule has 55 heavy (non-hydrogen) atoms. The van der Waals surface area contributed by atoms with Gasteiger partial charge >= 0.3 is 0 Å². The van der Waals surface area contributed by atoms with Crippen LogP contribution in [0.4, 0.5) is 0 Å². The normalized spacial score (nSPS) is 13.6. The first-order valence-corrected chi connectivity index (χ1v) is 19.8. The van der Waals surface area contributed by atoms with Gasteiger partial charge in [0, 0.05) is 43.3 Å². The van der Waals surface area contributed by atoms with Crippen LogP contribution >= 0.6 is 11.3 Å². The molecule has 3 heterocycles. The van der Waals surface area contributed by atoms with Gasteiger partial charge in [0.15, 0.2) is 0 Å². The molecule has 2 nitrogen and oxygen atoms in total. The topological polar surface area (TPSA) is 17.3 Å². The van der Waals surface area contributed by atoms with Crippen LogP contribution in [0.5, 0.6) is 0 Å². The number of imidazole rings is 1. The van der Waals surface area contributed by atoms with Gasteiger partial charge in [-0.3, -0.25) is 4.40 Å². The largest absolute Gasteiger partial charge is 0.299 e. The molecule has 254 valence electrons. The third-order valence-electron chi connectivity index (χ3n) is 12.5. The average Bonchev–Trinajstić information content (AvgIpc) is 4.02. The summed E-state index contributed by atoms with van der Waals surface area (Å²) in [6, 6.07) is 63.9. The standard InChI is InChI=1S/C52H30N2S/c1-2-14-42-35(10-1)43-28-31(22-25-48(43)54-27-26-53-51(42)54)32-20-23-38-39-24-21-33(34-15-9-16-41-40-13-5-8-19-49(40)55-50(34)41)30-47(39)52(46(38)29-32)44-17-6-3-11-36(44)37-12-4-7-18-45(37)52/h1-30H. The van der Waals surface area contributed by atoms with E-state index < -0.39 is 5.41 Å². The first kappa shape index (κ1) is 29.6. The molecule has 13 rings (SSSR count). The molecule has 1 spiro atoms. The number of thiophene rings is 1. The fourth-order valence-electron chi connectivity index (χ4n) is 10.2. The van der Waals surface area contributed by atoms with Gasteiger partial charge < -0.3 is 0 Å². The van der Waals surface area contributed by atoms with Crippen LogP contribution in [0.2, 0.25) is 0 Å². The lowest BCUT2D eigenvalue weighted by Crippen LogP contribution is -2.26. The SMILES string of the molecule is c1ccc2c(c1)-c1ccccc1C21c2cc(-c3ccc4c(c3)c3ccccc3c3nccn43)ccc2-c2ccc(-c3cccc4c3sc3ccccc34)cc21. The van der Waals surface area contributed by atoms with Gasteiger partial charge in [0.2, 0.25) is 0 Å². The number of nitrogens with zero attached hydrogens (tertiary/aromatic N) is 2. The molecule has 0 saturated heterocycles. The van der Waals surface area contributed by atoms with Crippen molar-refractivity contribution in [3.8, 4) is 44.5 Å². The highest BCUT2D eigenvalue weighted by Crippen LogP contribution is 2.63. The minimum Gasteiger partial charge on any atom is -0.299 e. The van der Waals surface area contributed by atoms with Crippen molar-refractivity contribution >= 4 is 58.8 Å². The van der Waals surface area contributed by atoms with Crippen molar-refractivity contribution in [3.63, 3.8) is 0 Å². The summed E-state index contributed by atoms with van der Waals surface area (Å²) < 4.78 is 4.90. The van der Waals surface area contributed by atoms with E-state index in [9.17, 15) is 0 Å².